The third kappa shape index (κ3) is 12.9. The number of ketones is 2. The Morgan fingerprint density at radius 1 is 0.645 bits per heavy atom. The highest BCUT2D eigenvalue weighted by atomic mass is 16.1. The molecule has 0 fully saturated rings. The summed E-state index contributed by atoms with van der Waals surface area (Å²) in [6.45, 7) is 24.0. The summed E-state index contributed by atoms with van der Waals surface area (Å²) in [6.07, 6.45) is 1.77. The van der Waals surface area contributed by atoms with Crippen molar-refractivity contribution in [1.82, 2.24) is 4.98 Å². The molecule has 1 aromatic heterocycles. The summed E-state index contributed by atoms with van der Waals surface area (Å²) in [5.41, 5.74) is 3.99. The number of hydrogen-bond donors (Lipinski definition) is 0. The van der Waals surface area contributed by atoms with Crippen LogP contribution < -0.4 is 0 Å². The van der Waals surface area contributed by atoms with Gasteiger partial charge in [-0.2, -0.15) is 0 Å². The lowest BCUT2D eigenvalue weighted by atomic mass is 9.86. The maximum Gasteiger partial charge on any atom is 0.178 e. The van der Waals surface area contributed by atoms with Crippen molar-refractivity contribution in [2.45, 2.75) is 101 Å². The second-order valence-corrected chi connectivity index (χ2v) is 8.62. The minimum Gasteiger partial charge on any atom is -0.295 e. The van der Waals surface area contributed by atoms with Crippen molar-refractivity contribution in [3.8, 4) is 0 Å². The first kappa shape index (κ1) is 33.4. The van der Waals surface area contributed by atoms with Gasteiger partial charge in [-0.1, -0.05) is 107 Å². The average Bonchev–Trinajstić information content (AvgIpc) is 2.70. The Bertz CT molecular complexity index is 676. The zero-order valence-corrected chi connectivity index (χ0v) is 21.3. The highest BCUT2D eigenvalue weighted by Crippen LogP contribution is 2.22. The minimum absolute atomic E-state index is 0. The van der Waals surface area contributed by atoms with Crippen molar-refractivity contribution in [2.24, 2.45) is 0 Å². The molecule has 2 aromatic rings. The highest BCUT2D eigenvalue weighted by molar-refractivity contribution is 5.94. The molecule has 0 spiro atoms. The second kappa shape index (κ2) is 15.5. The number of pyridine rings is 1. The van der Waals surface area contributed by atoms with Crippen LogP contribution in [-0.2, 0) is 10.8 Å². The second-order valence-electron chi connectivity index (χ2n) is 8.62. The molecule has 0 aliphatic heterocycles. The lowest BCUT2D eigenvalue weighted by Crippen LogP contribution is -2.12. The summed E-state index contributed by atoms with van der Waals surface area (Å²) in [4.78, 5) is 26.0. The maximum atomic E-state index is 11.0. The standard InChI is InChI=1S/C12H16O.C11H15NO.2C2H6.CH4/c1-9(13)10-5-7-11(8-6-10)12(2,3)4;1-8(13)10-6-5-9(7-12-10)11(2,3)4;2*1-2;/h5-8H,1-4H3;5-7H,1-4H3;2*1-2H3;1H4. The van der Waals surface area contributed by atoms with Gasteiger partial charge in [-0.15, -0.1) is 0 Å². The maximum absolute atomic E-state index is 11.0. The number of aromatic nitrogens is 1. The quantitative estimate of drug-likeness (QED) is 0.450. The third-order valence-corrected chi connectivity index (χ3v) is 4.15. The van der Waals surface area contributed by atoms with E-state index in [-0.39, 0.29) is 29.8 Å². The van der Waals surface area contributed by atoms with E-state index >= 15 is 0 Å². The van der Waals surface area contributed by atoms with Crippen molar-refractivity contribution in [1.29, 1.82) is 0 Å². The molecular weight excluding hydrogens is 382 g/mol. The number of benzene rings is 1. The minimum atomic E-state index is 0. The van der Waals surface area contributed by atoms with Gasteiger partial charge in [0.1, 0.15) is 5.69 Å². The van der Waals surface area contributed by atoms with Crippen molar-refractivity contribution >= 4 is 11.6 Å². The molecule has 3 heteroatoms. The van der Waals surface area contributed by atoms with E-state index in [1.54, 1.807) is 19.2 Å². The van der Waals surface area contributed by atoms with Crippen molar-refractivity contribution < 1.29 is 9.59 Å². The van der Waals surface area contributed by atoms with Gasteiger partial charge < -0.3 is 0 Å². The van der Waals surface area contributed by atoms with Crippen LogP contribution in [0.4, 0.5) is 0 Å². The topological polar surface area (TPSA) is 47.0 Å². The first-order valence-corrected chi connectivity index (χ1v) is 10.9. The Morgan fingerprint density at radius 3 is 1.29 bits per heavy atom. The normalized spacial score (nSPS) is 9.94. The molecule has 176 valence electrons. The molecule has 31 heavy (non-hydrogen) atoms. The molecule has 0 amide bonds. The summed E-state index contributed by atoms with van der Waals surface area (Å²) in [6, 6.07) is 11.6. The Kier molecular flexibility index (Phi) is 16.7. The summed E-state index contributed by atoms with van der Waals surface area (Å²) >= 11 is 0. The zero-order chi connectivity index (χ0) is 24.1. The average molecular weight is 430 g/mol. The molecule has 1 aromatic carbocycles. The zero-order valence-electron chi connectivity index (χ0n) is 21.3. The molecule has 0 radical (unpaired) electrons. The summed E-state index contributed by atoms with van der Waals surface area (Å²) in [5.74, 6) is 0.140. The van der Waals surface area contributed by atoms with Gasteiger partial charge in [-0.25, -0.2) is 0 Å². The lowest BCUT2D eigenvalue weighted by molar-refractivity contribution is 0.100. The summed E-state index contributed by atoms with van der Waals surface area (Å²) in [5, 5.41) is 0. The van der Waals surface area contributed by atoms with Crippen molar-refractivity contribution in [3.05, 3.63) is 65.0 Å². The van der Waals surface area contributed by atoms with Crippen LogP contribution in [0.1, 0.15) is 122 Å². The monoisotopic (exact) mass is 429 g/mol. The van der Waals surface area contributed by atoms with Gasteiger partial charge in [0.2, 0.25) is 0 Å². The predicted octanol–water partition coefficient (Wildman–Crippen LogP) is 8.46. The number of Topliss-reactive ketones (excluding diaryl/α,β-unsaturated/α-hetero) is 2. The lowest BCUT2D eigenvalue weighted by Gasteiger charge is -2.18. The molecule has 0 aliphatic rings. The van der Waals surface area contributed by atoms with E-state index in [9.17, 15) is 9.59 Å². The number of nitrogens with zero attached hydrogens (tertiary/aromatic N) is 1. The SMILES string of the molecule is C.CC.CC.CC(=O)c1ccc(C(C)(C)C)cc1.CC(=O)c1ccc(C(C)(C)C)cn1. The summed E-state index contributed by atoms with van der Waals surface area (Å²) < 4.78 is 0. The van der Waals surface area contributed by atoms with Gasteiger partial charge in [-0.05, 0) is 34.9 Å². The molecule has 0 unspecified atom stereocenters. The third-order valence-electron chi connectivity index (χ3n) is 4.15. The van der Waals surface area contributed by atoms with Crippen LogP contribution in [0, 0.1) is 0 Å². The first-order chi connectivity index (χ1) is 13.8. The van der Waals surface area contributed by atoms with Gasteiger partial charge >= 0.3 is 0 Å². The Balaban J connectivity index is -0.000000424. The van der Waals surface area contributed by atoms with E-state index in [4.69, 9.17) is 0 Å². The van der Waals surface area contributed by atoms with Crippen molar-refractivity contribution in [3.63, 3.8) is 0 Å². The van der Waals surface area contributed by atoms with Crippen LogP contribution in [0.2, 0.25) is 0 Å². The first-order valence-electron chi connectivity index (χ1n) is 10.9. The fourth-order valence-electron chi connectivity index (χ4n) is 2.25. The van der Waals surface area contributed by atoms with Gasteiger partial charge in [0.15, 0.2) is 11.6 Å². The molecule has 2 rings (SSSR count). The molecule has 0 bridgehead atoms. The van der Waals surface area contributed by atoms with E-state index in [1.165, 1.54) is 12.5 Å². The van der Waals surface area contributed by atoms with Crippen LogP contribution >= 0.6 is 0 Å². The van der Waals surface area contributed by atoms with E-state index in [0.29, 0.717) is 5.69 Å². The molecule has 0 saturated carbocycles. The van der Waals surface area contributed by atoms with Crippen LogP contribution in [0.25, 0.3) is 0 Å². The number of carbonyl (C=O) groups excluding carboxylic acids is 2. The molecule has 0 saturated heterocycles. The predicted molar refractivity (Wildman–Crippen MR) is 138 cm³/mol. The smallest absolute Gasteiger partial charge is 0.178 e. The summed E-state index contributed by atoms with van der Waals surface area (Å²) in [7, 11) is 0. The fourth-order valence-corrected chi connectivity index (χ4v) is 2.25. The Labute approximate surface area is 192 Å². The van der Waals surface area contributed by atoms with Gasteiger partial charge in [-0.3, -0.25) is 14.6 Å². The van der Waals surface area contributed by atoms with Crippen LogP contribution in [0.3, 0.4) is 0 Å². The van der Waals surface area contributed by atoms with Gasteiger partial charge in [0.25, 0.3) is 0 Å². The molecule has 0 atom stereocenters. The molecule has 0 aliphatic carbocycles. The number of hydrogen-bond acceptors (Lipinski definition) is 3. The van der Waals surface area contributed by atoms with Gasteiger partial charge in [0, 0.05) is 18.7 Å². The molecular formula is C28H47NO2. The Morgan fingerprint density at radius 2 is 1.03 bits per heavy atom. The van der Waals surface area contributed by atoms with Crippen LogP contribution in [0.5, 0.6) is 0 Å². The highest BCUT2D eigenvalue weighted by Gasteiger charge is 2.14. The van der Waals surface area contributed by atoms with Gasteiger partial charge in [0.05, 0.1) is 0 Å². The Hall–Kier alpha value is -2.29. The van der Waals surface area contributed by atoms with Crippen LogP contribution in [0.15, 0.2) is 42.6 Å². The van der Waals surface area contributed by atoms with Crippen molar-refractivity contribution in [2.75, 3.05) is 0 Å². The number of carbonyl (C=O) groups is 2. The van der Waals surface area contributed by atoms with E-state index in [1.807, 2.05) is 58.0 Å². The fraction of sp³-hybridized carbons (Fsp3) is 0.536. The molecule has 3 nitrogen and oxygen atoms in total. The van der Waals surface area contributed by atoms with E-state index in [0.717, 1.165) is 11.1 Å². The largest absolute Gasteiger partial charge is 0.295 e. The molecule has 0 N–H and O–H groups in total. The molecule has 1 heterocycles. The number of rotatable bonds is 2. The van der Waals surface area contributed by atoms with E-state index in [2.05, 4.69) is 46.5 Å². The van der Waals surface area contributed by atoms with Crippen LogP contribution in [-0.4, -0.2) is 16.6 Å². The van der Waals surface area contributed by atoms with E-state index < -0.39 is 0 Å².